The number of nitrogens with zero attached hydrogens (tertiary/aromatic N) is 1. The summed E-state index contributed by atoms with van der Waals surface area (Å²) in [5.41, 5.74) is 2.69. The number of hydrogen-bond donors (Lipinski definition) is 1. The third-order valence-electron chi connectivity index (χ3n) is 3.54. The highest BCUT2D eigenvalue weighted by Gasteiger charge is 2.22. The van der Waals surface area contributed by atoms with Crippen LogP contribution < -0.4 is 10.2 Å². The topological polar surface area (TPSA) is 15.3 Å². The van der Waals surface area contributed by atoms with Crippen molar-refractivity contribution < 1.29 is 0 Å². The van der Waals surface area contributed by atoms with E-state index >= 15 is 0 Å². The molecule has 1 unspecified atom stereocenters. The van der Waals surface area contributed by atoms with Crippen molar-refractivity contribution in [3.8, 4) is 0 Å². The number of rotatable bonds is 5. The molecule has 0 aromatic heterocycles. The van der Waals surface area contributed by atoms with Crippen LogP contribution in [0.25, 0.3) is 0 Å². The fourth-order valence-corrected chi connectivity index (χ4v) is 3.21. The lowest BCUT2D eigenvalue weighted by Crippen LogP contribution is -2.26. The third kappa shape index (κ3) is 3.72. The van der Waals surface area contributed by atoms with Gasteiger partial charge in [-0.25, -0.2) is 0 Å². The van der Waals surface area contributed by atoms with Gasteiger partial charge in [0.25, 0.3) is 0 Å². The average molecular weight is 311 g/mol. The van der Waals surface area contributed by atoms with Gasteiger partial charge in [0.05, 0.1) is 0 Å². The number of benzene rings is 1. The number of aryl methyl sites for hydroxylation is 1. The zero-order chi connectivity index (χ0) is 13.0. The van der Waals surface area contributed by atoms with Crippen molar-refractivity contribution >= 4 is 21.6 Å². The Morgan fingerprint density at radius 3 is 2.94 bits per heavy atom. The maximum absolute atomic E-state index is 3.59. The van der Waals surface area contributed by atoms with E-state index in [0.717, 1.165) is 19.0 Å². The fraction of sp³-hybridized carbons (Fsp3) is 0.600. The number of hydrogen-bond acceptors (Lipinski definition) is 2. The molecule has 0 radical (unpaired) electrons. The molecular weight excluding hydrogens is 288 g/mol. The van der Waals surface area contributed by atoms with Crippen LogP contribution in [0, 0.1) is 12.8 Å². The molecule has 100 valence electrons. The molecule has 0 aliphatic carbocycles. The van der Waals surface area contributed by atoms with Crippen LogP contribution in [0.4, 0.5) is 5.69 Å². The zero-order valence-corrected chi connectivity index (χ0v) is 13.0. The predicted octanol–water partition coefficient (Wildman–Crippen LogP) is 3.58. The Labute approximate surface area is 119 Å². The van der Waals surface area contributed by atoms with E-state index in [1.165, 1.54) is 41.7 Å². The van der Waals surface area contributed by atoms with E-state index < -0.39 is 0 Å². The minimum atomic E-state index is 0.802. The molecule has 0 saturated carbocycles. The van der Waals surface area contributed by atoms with Crippen LogP contribution >= 0.6 is 15.9 Å². The Morgan fingerprint density at radius 2 is 2.22 bits per heavy atom. The Balaban J connectivity index is 1.91. The molecule has 2 nitrogen and oxygen atoms in total. The second-order valence-corrected chi connectivity index (χ2v) is 6.21. The molecule has 1 atom stereocenters. The lowest BCUT2D eigenvalue weighted by molar-refractivity contribution is 0.516. The molecule has 2 rings (SSSR count). The standard InChI is InChI=1S/C15H23BrN2/c1-3-5-17-10-13-4-6-18(11-13)15-8-12(2)7-14(16)9-15/h7-9,13,17H,3-6,10-11H2,1-2H3. The molecule has 1 heterocycles. The van der Waals surface area contributed by atoms with Crippen LogP contribution in [-0.2, 0) is 0 Å². The van der Waals surface area contributed by atoms with Crippen molar-refractivity contribution in [2.24, 2.45) is 5.92 Å². The molecule has 1 aromatic rings. The number of halogens is 1. The molecule has 1 N–H and O–H groups in total. The van der Waals surface area contributed by atoms with Crippen molar-refractivity contribution in [2.75, 3.05) is 31.1 Å². The van der Waals surface area contributed by atoms with Crippen LogP contribution in [0.2, 0.25) is 0 Å². The van der Waals surface area contributed by atoms with Crippen LogP contribution in [0.1, 0.15) is 25.3 Å². The maximum atomic E-state index is 3.59. The van der Waals surface area contributed by atoms with Gasteiger partial charge >= 0.3 is 0 Å². The van der Waals surface area contributed by atoms with E-state index in [4.69, 9.17) is 0 Å². The Kier molecular flexibility index (Phi) is 5.07. The Hall–Kier alpha value is -0.540. The highest BCUT2D eigenvalue weighted by Crippen LogP contribution is 2.27. The van der Waals surface area contributed by atoms with Crippen LogP contribution in [0.15, 0.2) is 22.7 Å². The van der Waals surface area contributed by atoms with E-state index in [9.17, 15) is 0 Å². The van der Waals surface area contributed by atoms with Crippen molar-refractivity contribution in [1.29, 1.82) is 0 Å². The van der Waals surface area contributed by atoms with Crippen LogP contribution in [0.5, 0.6) is 0 Å². The summed E-state index contributed by atoms with van der Waals surface area (Å²) in [6, 6.07) is 6.68. The van der Waals surface area contributed by atoms with E-state index in [1.807, 2.05) is 0 Å². The summed E-state index contributed by atoms with van der Waals surface area (Å²) in [5.74, 6) is 0.802. The van der Waals surface area contributed by atoms with Gasteiger partial charge in [0, 0.05) is 23.2 Å². The first kappa shape index (κ1) is 13.9. The lowest BCUT2D eigenvalue weighted by Gasteiger charge is -2.20. The monoisotopic (exact) mass is 310 g/mol. The molecule has 18 heavy (non-hydrogen) atoms. The van der Waals surface area contributed by atoms with Gasteiger partial charge in [0.15, 0.2) is 0 Å². The third-order valence-corrected chi connectivity index (χ3v) is 4.00. The molecule has 1 aliphatic rings. The van der Waals surface area contributed by atoms with Crippen LogP contribution in [0.3, 0.4) is 0 Å². The predicted molar refractivity (Wildman–Crippen MR) is 82.4 cm³/mol. The largest absolute Gasteiger partial charge is 0.371 e. The quantitative estimate of drug-likeness (QED) is 0.836. The highest BCUT2D eigenvalue weighted by molar-refractivity contribution is 9.10. The van der Waals surface area contributed by atoms with Crippen molar-refractivity contribution in [3.05, 3.63) is 28.2 Å². The minimum Gasteiger partial charge on any atom is -0.371 e. The summed E-state index contributed by atoms with van der Waals surface area (Å²) in [4.78, 5) is 2.51. The summed E-state index contributed by atoms with van der Waals surface area (Å²) in [6.45, 7) is 9.06. The molecular formula is C15H23BrN2. The summed E-state index contributed by atoms with van der Waals surface area (Å²) in [7, 11) is 0. The van der Waals surface area contributed by atoms with Gasteiger partial charge < -0.3 is 10.2 Å². The fourth-order valence-electron chi connectivity index (χ4n) is 2.62. The van der Waals surface area contributed by atoms with Gasteiger partial charge in [-0.15, -0.1) is 0 Å². The second kappa shape index (κ2) is 6.58. The zero-order valence-electron chi connectivity index (χ0n) is 11.4. The van der Waals surface area contributed by atoms with Gasteiger partial charge in [-0.2, -0.15) is 0 Å². The maximum Gasteiger partial charge on any atom is 0.0380 e. The minimum absolute atomic E-state index is 0.802. The summed E-state index contributed by atoms with van der Waals surface area (Å²) in [6.07, 6.45) is 2.53. The van der Waals surface area contributed by atoms with Gasteiger partial charge in [0.2, 0.25) is 0 Å². The van der Waals surface area contributed by atoms with Crippen molar-refractivity contribution in [3.63, 3.8) is 0 Å². The molecule has 1 aliphatic heterocycles. The Bertz CT molecular complexity index is 372. The summed E-state index contributed by atoms with van der Waals surface area (Å²) in [5, 5.41) is 3.54. The molecule has 1 fully saturated rings. The first-order valence-electron chi connectivity index (χ1n) is 6.92. The van der Waals surface area contributed by atoms with Crippen molar-refractivity contribution in [2.45, 2.75) is 26.7 Å². The normalized spacial score (nSPS) is 19.5. The van der Waals surface area contributed by atoms with E-state index in [2.05, 4.69) is 58.2 Å². The van der Waals surface area contributed by atoms with Gasteiger partial charge in [-0.3, -0.25) is 0 Å². The molecule has 1 aromatic carbocycles. The number of nitrogens with one attached hydrogen (secondary N) is 1. The van der Waals surface area contributed by atoms with Crippen LogP contribution in [-0.4, -0.2) is 26.2 Å². The van der Waals surface area contributed by atoms with Crippen molar-refractivity contribution in [1.82, 2.24) is 5.32 Å². The lowest BCUT2D eigenvalue weighted by atomic mass is 10.1. The smallest absolute Gasteiger partial charge is 0.0380 e. The molecule has 0 spiro atoms. The summed E-state index contributed by atoms with van der Waals surface area (Å²) >= 11 is 3.59. The average Bonchev–Trinajstić information content (AvgIpc) is 2.77. The van der Waals surface area contributed by atoms with E-state index in [0.29, 0.717) is 0 Å². The molecule has 0 bridgehead atoms. The number of anilines is 1. The highest BCUT2D eigenvalue weighted by atomic mass is 79.9. The SMILES string of the molecule is CCCNCC1CCN(c2cc(C)cc(Br)c2)C1. The molecule has 1 saturated heterocycles. The second-order valence-electron chi connectivity index (χ2n) is 5.29. The first-order chi connectivity index (χ1) is 8.69. The van der Waals surface area contributed by atoms with E-state index in [1.54, 1.807) is 0 Å². The Morgan fingerprint density at radius 1 is 1.39 bits per heavy atom. The van der Waals surface area contributed by atoms with Gasteiger partial charge in [-0.05, 0) is 62.5 Å². The van der Waals surface area contributed by atoms with Gasteiger partial charge in [0.1, 0.15) is 0 Å². The summed E-state index contributed by atoms with van der Waals surface area (Å²) < 4.78 is 1.19. The van der Waals surface area contributed by atoms with Gasteiger partial charge in [-0.1, -0.05) is 22.9 Å². The van der Waals surface area contributed by atoms with E-state index in [-0.39, 0.29) is 0 Å². The molecule has 3 heteroatoms. The first-order valence-corrected chi connectivity index (χ1v) is 7.71. The molecule has 0 amide bonds.